The zero-order valence-electron chi connectivity index (χ0n) is 11.2. The van der Waals surface area contributed by atoms with Gasteiger partial charge in [0, 0.05) is 12.6 Å². The molecule has 0 spiro atoms. The molecule has 1 saturated heterocycles. The lowest BCUT2D eigenvalue weighted by molar-refractivity contribution is 0.0638. The van der Waals surface area contributed by atoms with Gasteiger partial charge in [-0.3, -0.25) is 0 Å². The van der Waals surface area contributed by atoms with E-state index in [4.69, 9.17) is 10.5 Å². The summed E-state index contributed by atoms with van der Waals surface area (Å²) in [7, 11) is 0. The van der Waals surface area contributed by atoms with Crippen LogP contribution in [0.1, 0.15) is 32.4 Å². The van der Waals surface area contributed by atoms with Crippen LogP contribution < -0.4 is 10.6 Å². The van der Waals surface area contributed by atoms with Crippen molar-refractivity contribution in [1.82, 2.24) is 0 Å². The number of halogens is 1. The van der Waals surface area contributed by atoms with E-state index < -0.39 is 0 Å². The van der Waals surface area contributed by atoms with Gasteiger partial charge in [0.25, 0.3) is 0 Å². The minimum absolute atomic E-state index is 0.186. The summed E-state index contributed by atoms with van der Waals surface area (Å²) in [5, 5.41) is 0. The summed E-state index contributed by atoms with van der Waals surface area (Å²) in [6, 6.07) is 4.92. The summed E-state index contributed by atoms with van der Waals surface area (Å²) in [4.78, 5) is 2.07. The third-order valence-electron chi connectivity index (χ3n) is 3.42. The van der Waals surface area contributed by atoms with Crippen LogP contribution in [0.2, 0.25) is 0 Å². The van der Waals surface area contributed by atoms with E-state index in [1.165, 1.54) is 6.07 Å². The predicted octanol–water partition coefficient (Wildman–Crippen LogP) is 2.46. The van der Waals surface area contributed by atoms with Crippen LogP contribution in [0.5, 0.6) is 0 Å². The molecule has 1 aromatic rings. The number of benzene rings is 1. The van der Waals surface area contributed by atoms with Crippen LogP contribution in [-0.2, 0) is 4.74 Å². The van der Waals surface area contributed by atoms with Gasteiger partial charge in [0.15, 0.2) is 0 Å². The van der Waals surface area contributed by atoms with Gasteiger partial charge >= 0.3 is 0 Å². The fourth-order valence-corrected chi connectivity index (χ4v) is 2.46. The van der Waals surface area contributed by atoms with Gasteiger partial charge in [-0.25, -0.2) is 4.39 Å². The molecule has 1 unspecified atom stereocenters. The van der Waals surface area contributed by atoms with Crippen LogP contribution in [0.15, 0.2) is 18.2 Å². The van der Waals surface area contributed by atoms with Crippen molar-refractivity contribution in [1.29, 1.82) is 0 Å². The molecule has 0 amide bonds. The highest BCUT2D eigenvalue weighted by atomic mass is 19.1. The first kappa shape index (κ1) is 13.3. The zero-order chi connectivity index (χ0) is 13.3. The Kier molecular flexibility index (Phi) is 3.59. The smallest absolute Gasteiger partial charge is 0.146 e. The van der Waals surface area contributed by atoms with Crippen LogP contribution in [0, 0.1) is 5.82 Å². The van der Waals surface area contributed by atoms with E-state index in [9.17, 15) is 4.39 Å². The normalized spacial score (nSPS) is 20.8. The maximum Gasteiger partial charge on any atom is 0.146 e. The van der Waals surface area contributed by atoms with Gasteiger partial charge in [-0.05, 0) is 32.4 Å². The number of ether oxygens (including phenoxy) is 1. The lowest BCUT2D eigenvalue weighted by atomic mass is 9.97. The van der Waals surface area contributed by atoms with E-state index in [0.717, 1.165) is 5.56 Å². The van der Waals surface area contributed by atoms with Crippen LogP contribution in [0.3, 0.4) is 0 Å². The second-order valence-corrected chi connectivity index (χ2v) is 5.48. The second-order valence-electron chi connectivity index (χ2n) is 5.48. The highest BCUT2D eigenvalue weighted by molar-refractivity contribution is 5.58. The van der Waals surface area contributed by atoms with Gasteiger partial charge in [-0.2, -0.15) is 0 Å². The summed E-state index contributed by atoms with van der Waals surface area (Å²) in [6.07, 6.45) is 0. The zero-order valence-corrected chi connectivity index (χ0v) is 11.2. The molecule has 0 saturated carbocycles. The Morgan fingerprint density at radius 2 is 2.17 bits per heavy atom. The largest absolute Gasteiger partial charge is 0.377 e. The lowest BCUT2D eigenvalue weighted by Gasteiger charge is -2.45. The number of para-hydroxylation sites is 1. The van der Waals surface area contributed by atoms with Crippen LogP contribution >= 0.6 is 0 Å². The average molecular weight is 252 g/mol. The maximum absolute atomic E-state index is 14.2. The first-order chi connectivity index (χ1) is 8.43. The molecule has 4 heteroatoms. The third-order valence-corrected chi connectivity index (χ3v) is 3.42. The van der Waals surface area contributed by atoms with Crippen molar-refractivity contribution < 1.29 is 9.13 Å². The fourth-order valence-electron chi connectivity index (χ4n) is 2.46. The molecule has 3 nitrogen and oxygen atoms in total. The molecule has 1 fully saturated rings. The second kappa shape index (κ2) is 4.86. The summed E-state index contributed by atoms with van der Waals surface area (Å²) in [5.74, 6) is -0.209. The minimum Gasteiger partial charge on any atom is -0.377 e. The van der Waals surface area contributed by atoms with E-state index in [-0.39, 0.29) is 17.4 Å². The third kappa shape index (κ3) is 2.35. The Balaban J connectivity index is 2.49. The van der Waals surface area contributed by atoms with Crippen LogP contribution in [-0.4, -0.2) is 25.3 Å². The van der Waals surface area contributed by atoms with Crippen molar-refractivity contribution in [2.45, 2.75) is 32.4 Å². The molecule has 18 heavy (non-hydrogen) atoms. The van der Waals surface area contributed by atoms with Gasteiger partial charge in [0.05, 0.1) is 24.4 Å². The molecule has 0 aromatic heterocycles. The number of nitrogens with zero attached hydrogens (tertiary/aromatic N) is 1. The number of anilines is 1. The number of morpholine rings is 1. The molecule has 100 valence electrons. The van der Waals surface area contributed by atoms with Gasteiger partial charge in [-0.15, -0.1) is 0 Å². The van der Waals surface area contributed by atoms with Crippen LogP contribution in [0.25, 0.3) is 0 Å². The molecular weight excluding hydrogens is 231 g/mol. The molecular formula is C14H21FN2O. The minimum atomic E-state index is -0.218. The molecule has 0 aliphatic carbocycles. The molecule has 1 atom stereocenters. The lowest BCUT2D eigenvalue weighted by Crippen LogP contribution is -2.54. The molecule has 1 aliphatic heterocycles. The summed E-state index contributed by atoms with van der Waals surface area (Å²) >= 11 is 0. The van der Waals surface area contributed by atoms with Crippen molar-refractivity contribution >= 4 is 5.69 Å². The van der Waals surface area contributed by atoms with Crippen molar-refractivity contribution in [2.24, 2.45) is 5.73 Å². The Morgan fingerprint density at radius 3 is 2.78 bits per heavy atom. The standard InChI is InChI=1S/C14H21FN2O/c1-10(16)11-5-4-6-12(15)13(11)17-7-8-18-9-14(17,2)3/h4-6,10H,7-9,16H2,1-3H3. The Labute approximate surface area is 108 Å². The number of hydrogen-bond acceptors (Lipinski definition) is 3. The molecule has 0 bridgehead atoms. The Bertz CT molecular complexity index is 432. The van der Waals surface area contributed by atoms with Gasteiger partial charge < -0.3 is 15.4 Å². The SMILES string of the molecule is CC(N)c1cccc(F)c1N1CCOCC1(C)C. The summed E-state index contributed by atoms with van der Waals surface area (Å²) in [6.45, 7) is 7.91. The first-order valence-electron chi connectivity index (χ1n) is 6.33. The van der Waals surface area contributed by atoms with Crippen molar-refractivity contribution in [3.8, 4) is 0 Å². The average Bonchev–Trinajstić information content (AvgIpc) is 2.29. The summed E-state index contributed by atoms with van der Waals surface area (Å²) < 4.78 is 19.7. The monoisotopic (exact) mass is 252 g/mol. The van der Waals surface area contributed by atoms with E-state index in [2.05, 4.69) is 18.7 Å². The topological polar surface area (TPSA) is 38.5 Å². The van der Waals surface area contributed by atoms with Crippen LogP contribution in [0.4, 0.5) is 10.1 Å². The van der Waals surface area contributed by atoms with E-state index >= 15 is 0 Å². The molecule has 2 N–H and O–H groups in total. The van der Waals surface area contributed by atoms with Gasteiger partial charge in [0.1, 0.15) is 5.82 Å². The predicted molar refractivity (Wildman–Crippen MR) is 71.2 cm³/mol. The van der Waals surface area contributed by atoms with Gasteiger partial charge in [-0.1, -0.05) is 12.1 Å². The summed E-state index contributed by atoms with van der Waals surface area (Å²) in [5.41, 5.74) is 7.21. The molecule has 0 radical (unpaired) electrons. The molecule has 1 heterocycles. The van der Waals surface area contributed by atoms with E-state index in [1.54, 1.807) is 6.07 Å². The first-order valence-corrected chi connectivity index (χ1v) is 6.33. The van der Waals surface area contributed by atoms with Crippen molar-refractivity contribution in [3.63, 3.8) is 0 Å². The molecule has 1 aliphatic rings. The quantitative estimate of drug-likeness (QED) is 0.878. The maximum atomic E-state index is 14.2. The van der Waals surface area contributed by atoms with Gasteiger partial charge in [0.2, 0.25) is 0 Å². The number of rotatable bonds is 2. The highest BCUT2D eigenvalue weighted by Gasteiger charge is 2.33. The highest BCUT2D eigenvalue weighted by Crippen LogP contribution is 2.34. The van der Waals surface area contributed by atoms with Crippen molar-refractivity contribution in [3.05, 3.63) is 29.6 Å². The van der Waals surface area contributed by atoms with Crippen molar-refractivity contribution in [2.75, 3.05) is 24.7 Å². The molecule has 1 aromatic carbocycles. The number of nitrogens with two attached hydrogens (primary N) is 1. The fraction of sp³-hybridized carbons (Fsp3) is 0.571. The Hall–Kier alpha value is -1.13. The van der Waals surface area contributed by atoms with E-state index in [0.29, 0.717) is 25.4 Å². The number of hydrogen-bond donors (Lipinski definition) is 1. The Morgan fingerprint density at radius 1 is 1.44 bits per heavy atom. The molecule has 2 rings (SSSR count). The van der Waals surface area contributed by atoms with E-state index in [1.807, 2.05) is 13.0 Å².